The Labute approximate surface area is 121 Å². The fraction of sp³-hybridized carbons (Fsp3) is 0.818. The summed E-state index contributed by atoms with van der Waals surface area (Å²) in [6, 6.07) is -0.787. The van der Waals surface area contributed by atoms with Crippen molar-refractivity contribution >= 4 is 11.8 Å². The average molecular weight is 336 g/mol. The van der Waals surface area contributed by atoms with Crippen LogP contribution in [0.4, 0.5) is 26.3 Å². The van der Waals surface area contributed by atoms with Crippen molar-refractivity contribution < 1.29 is 40.7 Å². The molecule has 1 atom stereocenters. The van der Waals surface area contributed by atoms with Crippen molar-refractivity contribution in [3.05, 3.63) is 0 Å². The number of hydrogen-bond donors (Lipinski definition) is 1. The topological polar surface area (TPSA) is 58.6 Å². The first-order chi connectivity index (χ1) is 9.96. The van der Waals surface area contributed by atoms with Crippen molar-refractivity contribution in [3.8, 4) is 0 Å². The van der Waals surface area contributed by atoms with Crippen LogP contribution in [0.25, 0.3) is 0 Å². The molecule has 1 heterocycles. The van der Waals surface area contributed by atoms with Gasteiger partial charge in [0.2, 0.25) is 11.8 Å². The molecule has 0 bridgehead atoms. The van der Waals surface area contributed by atoms with Crippen molar-refractivity contribution in [2.24, 2.45) is 0 Å². The van der Waals surface area contributed by atoms with Crippen molar-refractivity contribution in [1.82, 2.24) is 10.2 Å². The largest absolute Gasteiger partial charge is 0.411 e. The van der Waals surface area contributed by atoms with E-state index in [1.54, 1.807) is 0 Å². The van der Waals surface area contributed by atoms with Crippen molar-refractivity contribution in [1.29, 1.82) is 0 Å². The minimum atomic E-state index is -4.53. The van der Waals surface area contributed by atoms with Gasteiger partial charge in [-0.3, -0.25) is 9.59 Å². The van der Waals surface area contributed by atoms with Crippen LogP contribution < -0.4 is 5.32 Å². The smallest absolute Gasteiger partial charge is 0.372 e. The van der Waals surface area contributed by atoms with Crippen LogP contribution in [-0.2, 0) is 14.3 Å². The summed E-state index contributed by atoms with van der Waals surface area (Å²) in [6.07, 6.45) is -9.67. The fourth-order valence-corrected chi connectivity index (χ4v) is 1.89. The zero-order chi connectivity index (χ0) is 17.0. The molecule has 0 aromatic rings. The molecular weight excluding hydrogens is 322 g/mol. The van der Waals surface area contributed by atoms with Gasteiger partial charge >= 0.3 is 12.4 Å². The molecule has 1 fully saturated rings. The first kappa shape index (κ1) is 18.5. The first-order valence-corrected chi connectivity index (χ1v) is 6.24. The Morgan fingerprint density at radius 3 is 2.41 bits per heavy atom. The van der Waals surface area contributed by atoms with E-state index >= 15 is 0 Å². The van der Waals surface area contributed by atoms with Gasteiger partial charge in [-0.25, -0.2) is 0 Å². The lowest BCUT2D eigenvalue weighted by Gasteiger charge is -2.18. The number of hydrogen-bond acceptors (Lipinski definition) is 3. The molecule has 0 radical (unpaired) electrons. The lowest BCUT2D eigenvalue weighted by Crippen LogP contribution is -2.40. The van der Waals surface area contributed by atoms with Gasteiger partial charge in [0.25, 0.3) is 0 Å². The van der Waals surface area contributed by atoms with Gasteiger partial charge in [-0.1, -0.05) is 0 Å². The van der Waals surface area contributed by atoms with Gasteiger partial charge in [-0.2, -0.15) is 26.3 Å². The van der Waals surface area contributed by atoms with Gasteiger partial charge in [0.15, 0.2) is 0 Å². The molecule has 0 aliphatic carbocycles. The molecule has 11 heteroatoms. The Morgan fingerprint density at radius 1 is 1.23 bits per heavy atom. The van der Waals surface area contributed by atoms with Crippen LogP contribution in [-0.4, -0.2) is 61.4 Å². The number of likely N-dealkylation sites (tertiary alicyclic amines) is 1. The van der Waals surface area contributed by atoms with Crippen molar-refractivity contribution in [3.63, 3.8) is 0 Å². The number of carbonyl (C=O) groups is 2. The van der Waals surface area contributed by atoms with Gasteiger partial charge in [0.05, 0.1) is 12.6 Å². The number of nitrogens with one attached hydrogen (secondary N) is 1. The lowest BCUT2D eigenvalue weighted by molar-refractivity contribution is -0.174. The molecule has 22 heavy (non-hydrogen) atoms. The summed E-state index contributed by atoms with van der Waals surface area (Å²) in [4.78, 5) is 23.3. The predicted octanol–water partition coefficient (Wildman–Crippen LogP) is 1.23. The normalized spacial score (nSPS) is 19.6. The lowest BCUT2D eigenvalue weighted by atomic mass is 10.2. The number of amides is 2. The Bertz CT molecular complexity index is 410. The van der Waals surface area contributed by atoms with Crippen LogP contribution in [0.3, 0.4) is 0 Å². The Balaban J connectivity index is 2.27. The molecule has 0 aromatic carbocycles. The van der Waals surface area contributed by atoms with E-state index in [4.69, 9.17) is 0 Å². The fourth-order valence-electron chi connectivity index (χ4n) is 1.89. The molecule has 0 saturated carbocycles. The highest BCUT2D eigenvalue weighted by molar-refractivity contribution is 5.82. The maximum atomic E-state index is 12.2. The van der Waals surface area contributed by atoms with Gasteiger partial charge in [-0.05, 0) is 0 Å². The van der Waals surface area contributed by atoms with E-state index in [0.717, 1.165) is 0 Å². The highest BCUT2D eigenvalue weighted by Gasteiger charge is 2.38. The molecule has 1 saturated heterocycles. The van der Waals surface area contributed by atoms with E-state index in [1.807, 2.05) is 0 Å². The zero-order valence-corrected chi connectivity index (χ0v) is 11.3. The number of nitrogens with zero attached hydrogens (tertiary/aromatic N) is 1. The number of alkyl halides is 6. The predicted molar refractivity (Wildman–Crippen MR) is 60.7 cm³/mol. The minimum Gasteiger partial charge on any atom is -0.372 e. The van der Waals surface area contributed by atoms with E-state index in [2.05, 4.69) is 10.1 Å². The second kappa shape index (κ2) is 7.16. The molecule has 0 unspecified atom stereocenters. The van der Waals surface area contributed by atoms with Gasteiger partial charge in [0, 0.05) is 19.4 Å². The van der Waals surface area contributed by atoms with E-state index in [0.29, 0.717) is 4.90 Å². The van der Waals surface area contributed by atoms with Crippen LogP contribution in [0.15, 0.2) is 0 Å². The van der Waals surface area contributed by atoms with Gasteiger partial charge < -0.3 is 15.0 Å². The molecule has 1 aliphatic heterocycles. The maximum Gasteiger partial charge on any atom is 0.411 e. The Hall–Kier alpha value is -1.52. The molecular formula is C11H14F6N2O3. The third kappa shape index (κ3) is 7.48. The Morgan fingerprint density at radius 2 is 1.86 bits per heavy atom. The minimum absolute atomic E-state index is 0.273. The third-order valence-electron chi connectivity index (χ3n) is 2.69. The monoisotopic (exact) mass is 336 g/mol. The molecule has 2 amide bonds. The Kier molecular flexibility index (Phi) is 6.03. The number of halogens is 6. The summed E-state index contributed by atoms with van der Waals surface area (Å²) in [7, 11) is 0. The summed E-state index contributed by atoms with van der Waals surface area (Å²) in [5, 5.41) is 2.29. The average Bonchev–Trinajstić information content (AvgIpc) is 2.61. The molecule has 1 N–H and O–H groups in total. The van der Waals surface area contributed by atoms with Crippen LogP contribution in [0, 0.1) is 0 Å². The SMILES string of the molecule is O=C(CCOCC(F)(F)F)N[C@@H]1CC(=O)N(CC(F)(F)F)C1. The van der Waals surface area contributed by atoms with Crippen molar-refractivity contribution in [2.45, 2.75) is 31.2 Å². The quantitative estimate of drug-likeness (QED) is 0.586. The molecule has 5 nitrogen and oxygen atoms in total. The molecule has 128 valence electrons. The maximum absolute atomic E-state index is 12.2. The third-order valence-corrected chi connectivity index (χ3v) is 2.69. The van der Waals surface area contributed by atoms with E-state index in [-0.39, 0.29) is 19.4 Å². The second-order valence-corrected chi connectivity index (χ2v) is 4.78. The number of rotatable bonds is 6. The second-order valence-electron chi connectivity index (χ2n) is 4.78. The van der Waals surface area contributed by atoms with Crippen LogP contribution >= 0.6 is 0 Å². The van der Waals surface area contributed by atoms with Crippen molar-refractivity contribution in [2.75, 3.05) is 26.3 Å². The summed E-state index contributed by atoms with van der Waals surface area (Å²) >= 11 is 0. The molecule has 1 rings (SSSR count). The summed E-state index contributed by atoms with van der Waals surface area (Å²) in [6.45, 7) is -3.64. The summed E-state index contributed by atoms with van der Waals surface area (Å²) < 4.78 is 76.1. The van der Waals surface area contributed by atoms with Gasteiger partial charge in [0.1, 0.15) is 13.2 Å². The summed E-state index contributed by atoms with van der Waals surface area (Å²) in [5.41, 5.74) is 0. The van der Waals surface area contributed by atoms with Crippen LogP contribution in [0.1, 0.15) is 12.8 Å². The van der Waals surface area contributed by atoms with Crippen LogP contribution in [0.5, 0.6) is 0 Å². The first-order valence-electron chi connectivity index (χ1n) is 6.24. The van der Waals surface area contributed by atoms with Crippen LogP contribution in [0.2, 0.25) is 0 Å². The van der Waals surface area contributed by atoms with Gasteiger partial charge in [-0.15, -0.1) is 0 Å². The standard InChI is InChI=1S/C11H14F6N2O3/c12-10(13,14)5-19-4-7(3-9(19)21)18-8(20)1-2-22-6-11(15,16)17/h7H,1-6H2,(H,18,20)/t7-/m1/s1. The zero-order valence-electron chi connectivity index (χ0n) is 11.3. The molecule has 0 spiro atoms. The number of ether oxygens (including phenoxy) is 1. The van der Waals surface area contributed by atoms with E-state index < -0.39 is 50.0 Å². The highest BCUT2D eigenvalue weighted by atomic mass is 19.4. The summed E-state index contributed by atoms with van der Waals surface area (Å²) in [5.74, 6) is -1.43. The number of carbonyl (C=O) groups excluding carboxylic acids is 2. The van der Waals surface area contributed by atoms with E-state index in [1.165, 1.54) is 0 Å². The highest BCUT2D eigenvalue weighted by Crippen LogP contribution is 2.21. The molecule has 0 aromatic heterocycles. The molecule has 1 aliphatic rings. The van der Waals surface area contributed by atoms with E-state index in [9.17, 15) is 35.9 Å².